The summed E-state index contributed by atoms with van der Waals surface area (Å²) in [6.07, 6.45) is -8.54. The van der Waals surface area contributed by atoms with E-state index in [1.165, 1.54) is 30.0 Å². The fourth-order valence-corrected chi connectivity index (χ4v) is 9.99. The number of amides is 4. The Balaban J connectivity index is 1.09. The molecule has 11 N–H and O–H groups in total. The summed E-state index contributed by atoms with van der Waals surface area (Å²) in [7, 11) is -4.64. The number of aliphatic carboxylic acids is 1. The maximum absolute atomic E-state index is 14.0. The number of esters is 1. The van der Waals surface area contributed by atoms with Crippen molar-refractivity contribution < 1.29 is 86.2 Å². The molecule has 9 atom stereocenters. The Bertz CT molecular complexity index is 2970. The summed E-state index contributed by atoms with van der Waals surface area (Å²) in [5, 5.41) is 61.0. The standard InChI is InChI=1S/C50H63N7O18S/c1-7-50(68)31-17-35-38-30(19-56(35)18-27(31)21-72-48(50)66)28(29-10-8-9-11-33(29)53-38)14-15-57(24(4)5)49(67)73-20-26-12-13-34(36(16-26)74-47-41(60)39(58)40(59)42(75-47)46(64)65)54-43(61)25(6)52-45(63)37(23(2)3)55-44(62)32(51)22-76(69,70)71/h8-13,16-17,23-25,32,37,39-42,47,58-60,68H,7,14-15,18-22,51H2,1-6H3,(H,52,63)(H,54,61)(H,55,62)(H,64,65)(H,69,70,71)/t25-,32-,37-,39-,40-,41+,42-,47+,50-/m0/s1. The highest BCUT2D eigenvalue weighted by Gasteiger charge is 2.49. The number of ether oxygens (including phenoxy) is 4. The molecule has 2 aromatic carbocycles. The number of aromatic nitrogens is 1. The summed E-state index contributed by atoms with van der Waals surface area (Å²) >= 11 is 0. The number of para-hydroxylation sites is 1. The number of pyridine rings is 1. The zero-order chi connectivity index (χ0) is 55.7. The SMILES string of the molecule is CC[C@@]1(O)C(=O)OCC2=C1C=C1c3nc4ccccc4c(CCN(C(=O)OCc4ccc(NC(=O)[C@H](C)NC(=O)[C@@H](NC(=O)[C@@H](N)CS(=O)(=O)O)C(C)C)c(O[C@@H]5O[C@H](C(=O)O)[C@@H](O)[C@H](O)[C@H]5O)c4)C(C)C)c3CN1C2. The number of hydrogen-bond acceptors (Lipinski definition) is 19. The van der Waals surface area contributed by atoms with Crippen molar-refractivity contribution >= 4 is 68.2 Å². The highest BCUT2D eigenvalue weighted by molar-refractivity contribution is 7.85. The number of nitrogens with one attached hydrogen (secondary N) is 3. The third-order valence-electron chi connectivity index (χ3n) is 13.7. The van der Waals surface area contributed by atoms with E-state index in [9.17, 15) is 62.7 Å². The molecule has 1 fully saturated rings. The second-order valence-corrected chi connectivity index (χ2v) is 21.2. The normalized spacial score (nSPS) is 23.3. The summed E-state index contributed by atoms with van der Waals surface area (Å²) in [5.41, 5.74) is 9.28. The van der Waals surface area contributed by atoms with Crippen LogP contribution in [0, 0.1) is 5.92 Å². The van der Waals surface area contributed by atoms with Gasteiger partial charge < -0.3 is 76.0 Å². The van der Waals surface area contributed by atoms with Gasteiger partial charge in [0.1, 0.15) is 55.4 Å². The first-order valence-electron chi connectivity index (χ1n) is 24.5. The van der Waals surface area contributed by atoms with E-state index in [-0.39, 0.29) is 42.6 Å². The molecule has 4 aliphatic heterocycles. The van der Waals surface area contributed by atoms with Gasteiger partial charge in [0.2, 0.25) is 24.0 Å². The van der Waals surface area contributed by atoms with Gasteiger partial charge in [-0.1, -0.05) is 45.0 Å². The number of nitrogens with zero attached hydrogens (tertiary/aromatic N) is 3. The minimum Gasteiger partial charge on any atom is -0.479 e. The number of carbonyl (C=O) groups is 6. The van der Waals surface area contributed by atoms with Crippen LogP contribution in [0.5, 0.6) is 5.75 Å². The minimum absolute atomic E-state index is 0.0617. The maximum Gasteiger partial charge on any atom is 0.410 e. The van der Waals surface area contributed by atoms with Gasteiger partial charge in [-0.2, -0.15) is 8.42 Å². The minimum atomic E-state index is -4.64. The average Bonchev–Trinajstić information content (AvgIpc) is 3.78. The number of nitrogens with two attached hydrogens (primary N) is 1. The molecular formula is C50H63N7O18S. The molecule has 0 spiro atoms. The molecule has 1 aromatic heterocycles. The lowest BCUT2D eigenvalue weighted by Crippen LogP contribution is -2.61. The Labute approximate surface area is 436 Å². The van der Waals surface area contributed by atoms with Gasteiger partial charge in [-0.25, -0.2) is 19.4 Å². The number of rotatable bonds is 19. The Kier molecular flexibility index (Phi) is 17.1. The van der Waals surface area contributed by atoms with E-state index >= 15 is 0 Å². The summed E-state index contributed by atoms with van der Waals surface area (Å²) < 4.78 is 54.1. The lowest BCUT2D eigenvalue weighted by molar-refractivity contribution is -0.271. The van der Waals surface area contributed by atoms with E-state index in [1.54, 1.807) is 20.8 Å². The van der Waals surface area contributed by atoms with Crippen LogP contribution in [0.4, 0.5) is 10.5 Å². The van der Waals surface area contributed by atoms with Gasteiger partial charge in [-0.05, 0) is 80.5 Å². The van der Waals surface area contributed by atoms with E-state index in [0.717, 1.165) is 27.8 Å². The van der Waals surface area contributed by atoms with Crippen LogP contribution >= 0.6 is 0 Å². The summed E-state index contributed by atoms with van der Waals surface area (Å²) in [6.45, 7) is 10.5. The Hall–Kier alpha value is -6.78. The number of aliphatic hydroxyl groups is 4. The molecule has 7 rings (SSSR count). The van der Waals surface area contributed by atoms with Crippen LogP contribution in [0.2, 0.25) is 0 Å². The first kappa shape index (κ1) is 56.9. The van der Waals surface area contributed by atoms with Crippen LogP contribution in [0.1, 0.15) is 70.3 Å². The molecule has 5 heterocycles. The highest BCUT2D eigenvalue weighted by atomic mass is 32.2. The Morgan fingerprint density at radius 1 is 0.974 bits per heavy atom. The monoisotopic (exact) mass is 1080 g/mol. The van der Waals surface area contributed by atoms with E-state index in [2.05, 4.69) is 20.9 Å². The van der Waals surface area contributed by atoms with Crippen molar-refractivity contribution in [2.45, 2.75) is 128 Å². The first-order chi connectivity index (χ1) is 35.7. The van der Waals surface area contributed by atoms with Gasteiger partial charge in [0.25, 0.3) is 10.1 Å². The van der Waals surface area contributed by atoms with Crippen LogP contribution in [0.3, 0.4) is 0 Å². The summed E-state index contributed by atoms with van der Waals surface area (Å²) in [5.74, 6) is -7.24. The zero-order valence-electron chi connectivity index (χ0n) is 42.5. The second-order valence-electron chi connectivity index (χ2n) is 19.7. The van der Waals surface area contributed by atoms with Crippen LogP contribution in [0.15, 0.2) is 59.7 Å². The molecule has 4 amide bonds. The van der Waals surface area contributed by atoms with Crippen molar-refractivity contribution in [3.05, 3.63) is 82.1 Å². The summed E-state index contributed by atoms with van der Waals surface area (Å²) in [6, 6.07) is 6.88. The quantitative estimate of drug-likeness (QED) is 0.0560. The van der Waals surface area contributed by atoms with E-state index in [1.807, 2.05) is 44.2 Å². The molecule has 412 valence electrons. The van der Waals surface area contributed by atoms with Gasteiger partial charge in [0, 0.05) is 42.2 Å². The molecule has 25 nitrogen and oxygen atoms in total. The smallest absolute Gasteiger partial charge is 0.410 e. The van der Waals surface area contributed by atoms with Gasteiger partial charge in [0.05, 0.1) is 28.3 Å². The topological polar surface area (TPSA) is 376 Å². The molecule has 0 saturated carbocycles. The molecule has 0 unspecified atom stereocenters. The number of carbonyl (C=O) groups excluding carboxylic acids is 5. The number of hydrogen-bond donors (Lipinski definition) is 10. The second kappa shape index (κ2) is 22.8. The average molecular weight is 1080 g/mol. The van der Waals surface area contributed by atoms with Crippen LogP contribution in [0.25, 0.3) is 16.6 Å². The fraction of sp³-hybridized carbons (Fsp3) is 0.500. The van der Waals surface area contributed by atoms with Crippen LogP contribution in [-0.4, -0.2) is 175 Å². The lowest BCUT2D eigenvalue weighted by atomic mass is 9.83. The number of benzene rings is 2. The number of fused-ring (bicyclic) bond motifs is 4. The molecule has 26 heteroatoms. The molecular weight excluding hydrogens is 1020 g/mol. The number of anilines is 1. The highest BCUT2D eigenvalue weighted by Crippen LogP contribution is 2.44. The van der Waals surface area contributed by atoms with Crippen molar-refractivity contribution in [2.75, 3.05) is 30.8 Å². The van der Waals surface area contributed by atoms with Gasteiger partial charge in [0.15, 0.2) is 11.7 Å². The van der Waals surface area contributed by atoms with E-state index in [4.69, 9.17) is 34.2 Å². The zero-order valence-corrected chi connectivity index (χ0v) is 43.3. The molecule has 0 radical (unpaired) electrons. The van der Waals surface area contributed by atoms with Crippen molar-refractivity contribution in [3.8, 4) is 5.75 Å². The maximum atomic E-state index is 14.0. The van der Waals surface area contributed by atoms with Gasteiger partial charge in [-0.15, -0.1) is 0 Å². The number of carboxylic acids is 1. The number of carboxylic acid groups (broad SMARTS) is 1. The van der Waals surface area contributed by atoms with Crippen LogP contribution in [-0.2, 0) is 67.9 Å². The van der Waals surface area contributed by atoms with Crippen molar-refractivity contribution in [2.24, 2.45) is 11.7 Å². The molecule has 0 aliphatic carbocycles. The molecule has 1 saturated heterocycles. The van der Waals surface area contributed by atoms with Crippen molar-refractivity contribution in [1.29, 1.82) is 0 Å². The molecule has 4 aliphatic rings. The molecule has 3 aromatic rings. The molecule has 0 bridgehead atoms. The fourth-order valence-electron chi connectivity index (χ4n) is 9.38. The Morgan fingerprint density at radius 3 is 2.34 bits per heavy atom. The third kappa shape index (κ3) is 12.1. The summed E-state index contributed by atoms with van der Waals surface area (Å²) in [4.78, 5) is 87.1. The predicted molar refractivity (Wildman–Crippen MR) is 268 cm³/mol. The number of cyclic esters (lactones) is 1. The van der Waals surface area contributed by atoms with Gasteiger partial charge >= 0.3 is 18.0 Å². The van der Waals surface area contributed by atoms with E-state index in [0.29, 0.717) is 36.3 Å². The first-order valence-corrected chi connectivity index (χ1v) is 26.1. The number of aliphatic hydroxyl groups excluding tert-OH is 3. The largest absolute Gasteiger partial charge is 0.479 e. The van der Waals surface area contributed by atoms with Crippen molar-refractivity contribution in [1.82, 2.24) is 25.4 Å². The van der Waals surface area contributed by atoms with Gasteiger partial charge in [-0.3, -0.25) is 18.9 Å². The lowest BCUT2D eigenvalue weighted by Gasteiger charge is -2.38. The predicted octanol–water partition coefficient (Wildman–Crippen LogP) is 0.0592. The van der Waals surface area contributed by atoms with Crippen LogP contribution < -0.4 is 26.4 Å². The third-order valence-corrected chi connectivity index (χ3v) is 14.4. The van der Waals surface area contributed by atoms with E-state index < -0.39 is 119 Å². The molecule has 76 heavy (non-hydrogen) atoms. The van der Waals surface area contributed by atoms with Crippen molar-refractivity contribution in [3.63, 3.8) is 0 Å². The Morgan fingerprint density at radius 2 is 1.68 bits per heavy atom.